The SMILES string of the molecule is COCC(=O)c1cc2c3c(c1O)OC1C(NC(=O)C(C)c4ccc(Cl)c(Cl)c4)CC[C@H]4[C@@H](C2)N(CC2CC2)CC[C@]314. The van der Waals surface area contributed by atoms with E-state index in [4.69, 9.17) is 32.7 Å². The molecule has 2 aromatic rings. The molecule has 41 heavy (non-hydrogen) atoms. The van der Waals surface area contributed by atoms with Crippen LogP contribution in [0.15, 0.2) is 24.3 Å². The zero-order valence-electron chi connectivity index (χ0n) is 23.4. The van der Waals surface area contributed by atoms with Gasteiger partial charge in [-0.1, -0.05) is 29.3 Å². The third kappa shape index (κ3) is 4.30. The number of methoxy groups -OCH3 is 1. The van der Waals surface area contributed by atoms with Crippen LogP contribution in [-0.4, -0.2) is 66.7 Å². The van der Waals surface area contributed by atoms with Gasteiger partial charge in [-0.2, -0.15) is 0 Å². The normalized spacial score (nSPS) is 30.3. The average Bonchev–Trinajstić information content (AvgIpc) is 3.70. The van der Waals surface area contributed by atoms with Crippen LogP contribution in [0, 0.1) is 11.8 Å². The number of rotatable bonds is 8. The molecule has 2 saturated carbocycles. The van der Waals surface area contributed by atoms with E-state index in [9.17, 15) is 14.7 Å². The minimum atomic E-state index is -0.425. The number of halogens is 2. The average molecular weight is 600 g/mol. The van der Waals surface area contributed by atoms with Crippen LogP contribution in [0.5, 0.6) is 11.5 Å². The van der Waals surface area contributed by atoms with Gasteiger partial charge in [0.2, 0.25) is 5.91 Å². The summed E-state index contributed by atoms with van der Waals surface area (Å²) in [5, 5.41) is 15.6. The maximum atomic E-state index is 13.6. The number of carbonyl (C=O) groups excluding carboxylic acids is 2. The van der Waals surface area contributed by atoms with Crippen molar-refractivity contribution in [2.24, 2.45) is 11.8 Å². The van der Waals surface area contributed by atoms with Crippen molar-refractivity contribution in [2.75, 3.05) is 26.8 Å². The Morgan fingerprint density at radius 2 is 2.00 bits per heavy atom. The van der Waals surface area contributed by atoms with E-state index in [1.807, 2.05) is 19.1 Å². The van der Waals surface area contributed by atoms with E-state index in [1.165, 1.54) is 20.0 Å². The molecule has 2 aromatic carbocycles. The van der Waals surface area contributed by atoms with E-state index in [1.54, 1.807) is 12.1 Å². The molecule has 7 nitrogen and oxygen atoms in total. The van der Waals surface area contributed by atoms with E-state index in [-0.39, 0.29) is 47.2 Å². The Balaban J connectivity index is 1.25. The number of nitrogens with zero attached hydrogens (tertiary/aromatic N) is 1. The number of piperidine rings is 1. The molecule has 1 spiro atoms. The van der Waals surface area contributed by atoms with Crippen LogP contribution in [0.2, 0.25) is 10.0 Å². The summed E-state index contributed by atoms with van der Waals surface area (Å²) < 4.78 is 11.8. The highest BCUT2D eigenvalue weighted by molar-refractivity contribution is 6.42. The monoisotopic (exact) mass is 598 g/mol. The highest BCUT2D eigenvalue weighted by Crippen LogP contribution is 2.64. The van der Waals surface area contributed by atoms with Crippen molar-refractivity contribution in [1.82, 2.24) is 10.2 Å². The standard InChI is InChI=1S/C32H36Cl2N2O5/c1-16(18-5-7-22(33)23(34)12-18)31(39)35-24-8-6-21-25-13-19-11-20(26(37)15-40-2)28(38)29-27(19)32(21,30(24)41-29)9-10-36(25)14-17-3-4-17/h5,7,11-12,16-17,21,24-25,30,38H,3-4,6,8-10,13-15H2,1-2H3,(H,35,39)/t16?,21-,24?,25+,30?,32-/m0/s1. The molecule has 3 unspecified atom stereocenters. The number of nitrogens with one attached hydrogen (secondary N) is 1. The van der Waals surface area contributed by atoms with Gasteiger partial charge in [-0.15, -0.1) is 0 Å². The van der Waals surface area contributed by atoms with Crippen LogP contribution < -0.4 is 10.1 Å². The van der Waals surface area contributed by atoms with Gasteiger partial charge in [0.15, 0.2) is 17.3 Å². The van der Waals surface area contributed by atoms with Crippen LogP contribution in [0.3, 0.4) is 0 Å². The van der Waals surface area contributed by atoms with Crippen LogP contribution >= 0.6 is 23.2 Å². The van der Waals surface area contributed by atoms with Gasteiger partial charge in [0.05, 0.1) is 27.6 Å². The minimum absolute atomic E-state index is 0.0956. The molecule has 218 valence electrons. The van der Waals surface area contributed by atoms with Gasteiger partial charge in [0, 0.05) is 30.7 Å². The van der Waals surface area contributed by atoms with Crippen molar-refractivity contribution < 1.29 is 24.2 Å². The largest absolute Gasteiger partial charge is 0.504 e. The van der Waals surface area contributed by atoms with Crippen LogP contribution in [0.4, 0.5) is 0 Å². The number of phenols is 1. The van der Waals surface area contributed by atoms with E-state index in [0.29, 0.717) is 27.8 Å². The maximum Gasteiger partial charge on any atom is 0.227 e. The number of ether oxygens (including phenoxy) is 2. The first kappa shape index (κ1) is 27.5. The summed E-state index contributed by atoms with van der Waals surface area (Å²) in [5.74, 6) is 0.712. The molecule has 1 amide bonds. The van der Waals surface area contributed by atoms with Crippen molar-refractivity contribution in [3.8, 4) is 11.5 Å². The number of ketones is 1. The first-order chi connectivity index (χ1) is 19.7. The third-order valence-electron chi connectivity index (χ3n) is 10.5. The van der Waals surface area contributed by atoms with Crippen molar-refractivity contribution >= 4 is 34.9 Å². The number of hydrogen-bond acceptors (Lipinski definition) is 6. The van der Waals surface area contributed by atoms with Gasteiger partial charge in [-0.05, 0) is 93.2 Å². The van der Waals surface area contributed by atoms with E-state index >= 15 is 0 Å². The number of phenolic OH excluding ortho intramolecular Hbond substituents is 1. The van der Waals surface area contributed by atoms with Crippen molar-refractivity contribution in [2.45, 2.75) is 75.0 Å². The lowest BCUT2D eigenvalue weighted by atomic mass is 9.51. The number of amides is 1. The Hall–Kier alpha value is -2.32. The van der Waals surface area contributed by atoms with Gasteiger partial charge in [0.25, 0.3) is 0 Å². The molecule has 0 radical (unpaired) electrons. The van der Waals surface area contributed by atoms with Gasteiger partial charge in [-0.3, -0.25) is 14.5 Å². The second kappa shape index (κ2) is 10.1. The first-order valence-corrected chi connectivity index (χ1v) is 15.6. The molecule has 1 saturated heterocycles. The van der Waals surface area contributed by atoms with Gasteiger partial charge in [0.1, 0.15) is 12.7 Å². The molecule has 5 aliphatic rings. The summed E-state index contributed by atoms with van der Waals surface area (Å²) in [6, 6.07) is 7.32. The molecular formula is C32H36Cl2N2O5. The minimum Gasteiger partial charge on any atom is -0.504 e. The highest BCUT2D eigenvalue weighted by atomic mass is 35.5. The van der Waals surface area contributed by atoms with E-state index in [2.05, 4.69) is 10.2 Å². The Labute approximate surface area is 250 Å². The quantitative estimate of drug-likeness (QED) is 0.403. The first-order valence-electron chi connectivity index (χ1n) is 14.8. The fraction of sp³-hybridized carbons (Fsp3) is 0.562. The van der Waals surface area contributed by atoms with Gasteiger partial charge >= 0.3 is 0 Å². The number of Topliss-reactive ketones (excluding diaryl/α,β-unsaturated/α-hetero) is 1. The lowest BCUT2D eigenvalue weighted by Gasteiger charge is -2.59. The van der Waals surface area contributed by atoms with Crippen LogP contribution in [0.1, 0.15) is 72.0 Å². The summed E-state index contributed by atoms with van der Waals surface area (Å²) in [7, 11) is 1.48. The van der Waals surface area contributed by atoms with Crippen molar-refractivity contribution in [1.29, 1.82) is 0 Å². The predicted octanol–water partition coefficient (Wildman–Crippen LogP) is 5.27. The molecule has 6 atom stereocenters. The molecular weight excluding hydrogens is 563 g/mol. The molecule has 9 heteroatoms. The van der Waals surface area contributed by atoms with Crippen molar-refractivity contribution in [3.63, 3.8) is 0 Å². The Bertz CT molecular complexity index is 1430. The fourth-order valence-corrected chi connectivity index (χ4v) is 8.68. The number of hydrogen-bond donors (Lipinski definition) is 2. The molecule has 3 fully saturated rings. The van der Waals surface area contributed by atoms with Gasteiger partial charge < -0.3 is 19.9 Å². The zero-order chi connectivity index (χ0) is 28.6. The summed E-state index contributed by atoms with van der Waals surface area (Å²) >= 11 is 12.4. The van der Waals surface area contributed by atoms with E-state index in [0.717, 1.165) is 61.4 Å². The smallest absolute Gasteiger partial charge is 0.227 e. The number of aromatic hydroxyl groups is 1. The summed E-state index contributed by atoms with van der Waals surface area (Å²) in [6.45, 7) is 3.86. The van der Waals surface area contributed by atoms with E-state index < -0.39 is 5.92 Å². The molecule has 3 aliphatic carbocycles. The molecule has 2 bridgehead atoms. The molecule has 2 heterocycles. The number of benzene rings is 2. The summed E-state index contributed by atoms with van der Waals surface area (Å²) in [4.78, 5) is 29.2. The van der Waals surface area contributed by atoms with Crippen LogP contribution in [-0.2, 0) is 21.4 Å². The Kier molecular flexibility index (Phi) is 6.81. The molecule has 2 aliphatic heterocycles. The zero-order valence-corrected chi connectivity index (χ0v) is 24.9. The van der Waals surface area contributed by atoms with Gasteiger partial charge in [-0.25, -0.2) is 0 Å². The van der Waals surface area contributed by atoms with Crippen LogP contribution in [0.25, 0.3) is 0 Å². The molecule has 7 rings (SSSR count). The third-order valence-corrected chi connectivity index (χ3v) is 11.2. The topological polar surface area (TPSA) is 88.1 Å². The fourth-order valence-electron chi connectivity index (χ4n) is 8.37. The summed E-state index contributed by atoms with van der Waals surface area (Å²) in [6.07, 6.45) is 5.82. The molecule has 2 N–H and O–H groups in total. The second-order valence-electron chi connectivity index (χ2n) is 12.7. The Morgan fingerprint density at radius 3 is 2.73 bits per heavy atom. The predicted molar refractivity (Wildman–Crippen MR) is 156 cm³/mol. The molecule has 0 aromatic heterocycles. The maximum absolute atomic E-state index is 13.6. The van der Waals surface area contributed by atoms with Crippen molar-refractivity contribution in [3.05, 3.63) is 56.6 Å². The number of carbonyl (C=O) groups is 2. The number of likely N-dealkylation sites (tertiary alicyclic amines) is 1. The summed E-state index contributed by atoms with van der Waals surface area (Å²) in [5.41, 5.74) is 2.91. The lowest BCUT2D eigenvalue weighted by molar-refractivity contribution is -0.126. The lowest BCUT2D eigenvalue weighted by Crippen LogP contribution is -2.69. The highest BCUT2D eigenvalue weighted by Gasteiger charge is 2.66. The second-order valence-corrected chi connectivity index (χ2v) is 13.5. The Morgan fingerprint density at radius 1 is 1.20 bits per heavy atom.